The van der Waals surface area contributed by atoms with Gasteiger partial charge in [0.2, 0.25) is 6.71 Å². The second-order valence-corrected chi connectivity index (χ2v) is 15.0. The van der Waals surface area contributed by atoms with Gasteiger partial charge < -0.3 is 4.57 Å². The first-order valence-corrected chi connectivity index (χ1v) is 19.3. The first kappa shape index (κ1) is 34.3. The number of hydrogen-bond acceptors (Lipinski definition) is 1. The third-order valence-electron chi connectivity index (χ3n) is 11.4. The molecule has 0 amide bonds. The van der Waals surface area contributed by atoms with Crippen LogP contribution in [-0.2, 0) is 6.42 Å². The molecule has 264 valence electrons. The monoisotopic (exact) mass is 706 g/mol. The summed E-state index contributed by atoms with van der Waals surface area (Å²) in [6, 6.07) is 62.2. The maximum Gasteiger partial charge on any atom is 0.242 e. The number of rotatable bonds is 8. The van der Waals surface area contributed by atoms with Crippen molar-refractivity contribution in [3.63, 3.8) is 0 Å². The summed E-state index contributed by atoms with van der Waals surface area (Å²) in [4.78, 5) is 4.80. The second kappa shape index (κ2) is 14.4. The lowest BCUT2D eigenvalue weighted by atomic mass is 9.34. The summed E-state index contributed by atoms with van der Waals surface area (Å²) in [7, 11) is 0. The van der Waals surface area contributed by atoms with Crippen molar-refractivity contribution in [2.24, 2.45) is 0 Å². The summed E-state index contributed by atoms with van der Waals surface area (Å²) in [5, 5.41) is 1.17. The number of hydrogen-bond donors (Lipinski definition) is 0. The van der Waals surface area contributed by atoms with Gasteiger partial charge in [-0.15, -0.1) is 0 Å². The van der Waals surface area contributed by atoms with Gasteiger partial charge in [0.25, 0.3) is 0 Å². The van der Waals surface area contributed by atoms with Gasteiger partial charge in [0.15, 0.2) is 0 Å². The van der Waals surface area contributed by atoms with Gasteiger partial charge in [-0.2, -0.15) is 0 Å². The average molecular weight is 707 g/mol. The molecule has 0 aliphatic carbocycles. The summed E-state index contributed by atoms with van der Waals surface area (Å²) in [5.74, 6) is 0. The van der Waals surface area contributed by atoms with Crippen molar-refractivity contribution in [3.8, 4) is 27.9 Å². The Morgan fingerprint density at radius 1 is 0.455 bits per heavy atom. The fourth-order valence-electron chi connectivity index (χ4n) is 8.65. The molecule has 2 nitrogen and oxygen atoms in total. The molecule has 0 spiro atoms. The number of aromatic nitrogens is 2. The molecule has 0 saturated heterocycles. The van der Waals surface area contributed by atoms with Crippen LogP contribution in [0.4, 0.5) is 0 Å². The van der Waals surface area contributed by atoms with Crippen molar-refractivity contribution < 1.29 is 0 Å². The number of aryl methyl sites for hydroxylation is 4. The van der Waals surface area contributed by atoms with Gasteiger partial charge in [0.05, 0.1) is 16.6 Å². The van der Waals surface area contributed by atoms with Crippen LogP contribution in [0, 0.1) is 27.7 Å². The van der Waals surface area contributed by atoms with Crippen LogP contribution in [0.1, 0.15) is 33.4 Å². The van der Waals surface area contributed by atoms with Crippen LogP contribution in [-0.4, -0.2) is 16.3 Å². The lowest BCUT2D eigenvalue weighted by Crippen LogP contribution is -2.55. The van der Waals surface area contributed by atoms with Gasteiger partial charge in [-0.1, -0.05) is 172 Å². The molecule has 0 atom stereocenters. The van der Waals surface area contributed by atoms with Crippen LogP contribution in [0.5, 0.6) is 0 Å². The van der Waals surface area contributed by atoms with Crippen LogP contribution in [0.15, 0.2) is 176 Å². The van der Waals surface area contributed by atoms with Gasteiger partial charge in [-0.3, -0.25) is 4.98 Å². The van der Waals surface area contributed by atoms with E-state index in [2.05, 4.69) is 196 Å². The number of fused-ring (bicyclic) bond motifs is 3. The maximum absolute atomic E-state index is 4.80. The lowest BCUT2D eigenvalue weighted by molar-refractivity contribution is 1.17. The number of pyridine rings is 1. The quantitative estimate of drug-likeness (QED) is 0.144. The van der Waals surface area contributed by atoms with Crippen molar-refractivity contribution >= 4 is 45.0 Å². The normalized spacial score (nSPS) is 11.3. The second-order valence-electron chi connectivity index (χ2n) is 15.0. The first-order valence-electron chi connectivity index (χ1n) is 19.3. The van der Waals surface area contributed by atoms with E-state index in [1.54, 1.807) is 0 Å². The van der Waals surface area contributed by atoms with Crippen molar-refractivity contribution in [3.05, 3.63) is 209 Å². The molecule has 3 heteroatoms. The smallest absolute Gasteiger partial charge is 0.242 e. The van der Waals surface area contributed by atoms with Gasteiger partial charge in [0, 0.05) is 17.3 Å². The van der Waals surface area contributed by atoms with Crippen molar-refractivity contribution in [2.45, 2.75) is 34.1 Å². The summed E-state index contributed by atoms with van der Waals surface area (Å²) in [6.07, 6.45) is 2.78. The summed E-state index contributed by atoms with van der Waals surface area (Å²) in [6.45, 7) is 9.18. The van der Waals surface area contributed by atoms with Crippen LogP contribution in [0.25, 0.3) is 49.9 Å². The van der Waals surface area contributed by atoms with E-state index in [0.717, 1.165) is 23.1 Å². The molecule has 0 radical (unpaired) electrons. The average Bonchev–Trinajstić information content (AvgIpc) is 3.55. The molecule has 0 N–H and O–H groups in total. The molecule has 7 aromatic carbocycles. The van der Waals surface area contributed by atoms with Gasteiger partial charge in [-0.25, -0.2) is 0 Å². The summed E-state index contributed by atoms with van der Waals surface area (Å²) in [5.41, 5.74) is 21.4. The topological polar surface area (TPSA) is 17.8 Å². The Bertz CT molecular complexity index is 2700. The van der Waals surface area contributed by atoms with Crippen LogP contribution >= 0.6 is 0 Å². The van der Waals surface area contributed by atoms with E-state index in [1.807, 2.05) is 12.3 Å². The third kappa shape index (κ3) is 6.46. The molecule has 0 bridgehead atoms. The molecule has 0 aliphatic rings. The zero-order valence-electron chi connectivity index (χ0n) is 31.9. The number of benzene rings is 7. The van der Waals surface area contributed by atoms with Gasteiger partial charge in [0.1, 0.15) is 0 Å². The standard InChI is InChI=1S/C52H43BN2/c1-35-11-8-12-36(2)50(35)53(51-37(3)13-9-14-38(51)4)45-29-26-42(27-30-45)41-22-18-39(19-23-41)33-40-20-24-43(25-21-40)44-28-31-48-47(34-44)52-49(17-10-32-54-52)55(48)46-15-6-5-7-16-46/h5-32,34H,33H2,1-4H3. The van der Waals surface area contributed by atoms with Gasteiger partial charge in [-0.05, 0) is 104 Å². The fourth-order valence-corrected chi connectivity index (χ4v) is 8.65. The molecule has 0 aliphatic heterocycles. The zero-order chi connectivity index (χ0) is 37.5. The molecule has 9 aromatic rings. The predicted octanol–water partition coefficient (Wildman–Crippen LogP) is 10.9. The van der Waals surface area contributed by atoms with E-state index in [4.69, 9.17) is 4.98 Å². The molecule has 9 rings (SSSR count). The Kier molecular flexibility index (Phi) is 9.00. The highest BCUT2D eigenvalue weighted by Crippen LogP contribution is 2.34. The Hall–Kier alpha value is -6.45. The van der Waals surface area contributed by atoms with E-state index < -0.39 is 0 Å². The van der Waals surface area contributed by atoms with Crippen molar-refractivity contribution in [1.82, 2.24) is 9.55 Å². The molecule has 2 heterocycles. The molecule has 2 aromatic heterocycles. The fraction of sp³-hybridized carbons (Fsp3) is 0.0962. The molecule has 55 heavy (non-hydrogen) atoms. The van der Waals surface area contributed by atoms with E-state index in [1.165, 1.54) is 82.9 Å². The van der Waals surface area contributed by atoms with Crippen molar-refractivity contribution in [1.29, 1.82) is 0 Å². The largest absolute Gasteiger partial charge is 0.308 e. The van der Waals surface area contributed by atoms with E-state index in [0.29, 0.717) is 0 Å². The van der Waals surface area contributed by atoms with Crippen LogP contribution < -0.4 is 16.4 Å². The van der Waals surface area contributed by atoms with Crippen molar-refractivity contribution in [2.75, 3.05) is 0 Å². The van der Waals surface area contributed by atoms with E-state index in [9.17, 15) is 0 Å². The maximum atomic E-state index is 4.80. The highest BCUT2D eigenvalue weighted by Gasteiger charge is 2.27. The molecule has 0 fully saturated rings. The number of para-hydroxylation sites is 1. The highest BCUT2D eigenvalue weighted by molar-refractivity contribution is 6.96. The van der Waals surface area contributed by atoms with Gasteiger partial charge >= 0.3 is 0 Å². The van der Waals surface area contributed by atoms with E-state index >= 15 is 0 Å². The lowest BCUT2D eigenvalue weighted by Gasteiger charge is -2.23. The SMILES string of the molecule is Cc1cccc(C)c1B(c1ccc(-c2ccc(Cc3ccc(-c4ccc5c(c4)c4ncccc4n5-c4ccccc4)cc3)cc2)cc1)c1c(C)cccc1C. The molecular formula is C52H43BN2. The Labute approximate surface area is 324 Å². The minimum atomic E-state index is 0.187. The Morgan fingerprint density at radius 3 is 1.53 bits per heavy atom. The minimum Gasteiger partial charge on any atom is -0.308 e. The predicted molar refractivity (Wildman–Crippen MR) is 235 cm³/mol. The molecular weight excluding hydrogens is 663 g/mol. The molecule has 0 unspecified atom stereocenters. The Balaban J connectivity index is 0.943. The van der Waals surface area contributed by atoms with Crippen LogP contribution in [0.2, 0.25) is 0 Å². The van der Waals surface area contributed by atoms with E-state index in [-0.39, 0.29) is 6.71 Å². The summed E-state index contributed by atoms with van der Waals surface area (Å²) < 4.78 is 2.31. The third-order valence-corrected chi connectivity index (χ3v) is 11.4. The summed E-state index contributed by atoms with van der Waals surface area (Å²) >= 11 is 0. The molecule has 0 saturated carbocycles. The zero-order valence-corrected chi connectivity index (χ0v) is 31.9. The first-order chi connectivity index (χ1) is 26.9. The Morgan fingerprint density at radius 2 is 0.964 bits per heavy atom. The highest BCUT2D eigenvalue weighted by atomic mass is 15.0. The van der Waals surface area contributed by atoms with Crippen LogP contribution in [0.3, 0.4) is 0 Å². The number of nitrogens with zero attached hydrogens (tertiary/aromatic N) is 2. The minimum absolute atomic E-state index is 0.187.